The molecule has 3 heteroatoms. The summed E-state index contributed by atoms with van der Waals surface area (Å²) < 4.78 is 0. The second kappa shape index (κ2) is 6.04. The highest BCUT2D eigenvalue weighted by molar-refractivity contribution is 7.98. The predicted molar refractivity (Wildman–Crippen MR) is 78.7 cm³/mol. The third kappa shape index (κ3) is 3.25. The maximum atomic E-state index is 12.2. The van der Waals surface area contributed by atoms with Crippen LogP contribution in [-0.2, 0) is 0 Å². The molecule has 0 heterocycles. The van der Waals surface area contributed by atoms with E-state index in [1.54, 1.807) is 36.0 Å². The van der Waals surface area contributed by atoms with Crippen LogP contribution in [-0.4, -0.2) is 17.1 Å². The van der Waals surface area contributed by atoms with Gasteiger partial charge in [-0.15, -0.1) is 11.8 Å². The molecule has 2 nitrogen and oxygen atoms in total. The molecule has 0 aliphatic heterocycles. The number of aryl methyl sites for hydroxylation is 1. The molecule has 98 valence electrons. The summed E-state index contributed by atoms with van der Waals surface area (Å²) in [5, 5.41) is 10.1. The van der Waals surface area contributed by atoms with Gasteiger partial charge >= 0.3 is 0 Å². The van der Waals surface area contributed by atoms with E-state index >= 15 is 0 Å². The van der Waals surface area contributed by atoms with Crippen LogP contribution in [0.3, 0.4) is 0 Å². The van der Waals surface area contributed by atoms with Gasteiger partial charge in [-0.25, -0.2) is 0 Å². The van der Waals surface area contributed by atoms with Gasteiger partial charge in [0.25, 0.3) is 0 Å². The Morgan fingerprint density at radius 1 is 1.16 bits per heavy atom. The predicted octanol–water partition coefficient (Wildman–Crippen LogP) is 3.63. The Labute approximate surface area is 117 Å². The lowest BCUT2D eigenvalue weighted by molar-refractivity contribution is 0.0747. The number of aliphatic hydroxyl groups is 1. The molecule has 0 aromatic heterocycles. The number of aliphatic hydroxyl groups excluding tert-OH is 1. The maximum Gasteiger partial charge on any atom is 0.195 e. The number of hydrogen-bond acceptors (Lipinski definition) is 3. The zero-order valence-corrected chi connectivity index (χ0v) is 11.8. The average molecular weight is 272 g/mol. The summed E-state index contributed by atoms with van der Waals surface area (Å²) in [4.78, 5) is 13.3. The lowest BCUT2D eigenvalue weighted by Crippen LogP contribution is -2.12. The largest absolute Gasteiger partial charge is 0.380 e. The standard InChI is InChI=1S/C16H16O2S/c1-11-4-3-5-13(10-11)16(18)15(17)12-6-8-14(19-2)9-7-12/h3-10,15,17H,1-2H3. The molecule has 2 aromatic rings. The molecule has 1 atom stereocenters. The zero-order valence-electron chi connectivity index (χ0n) is 11.0. The van der Waals surface area contributed by atoms with Gasteiger partial charge in [-0.3, -0.25) is 4.79 Å². The van der Waals surface area contributed by atoms with Crippen LogP contribution in [0.5, 0.6) is 0 Å². The molecular weight excluding hydrogens is 256 g/mol. The highest BCUT2D eigenvalue weighted by atomic mass is 32.2. The number of ketones is 1. The average Bonchev–Trinajstić information content (AvgIpc) is 2.46. The zero-order chi connectivity index (χ0) is 13.8. The van der Waals surface area contributed by atoms with Crippen LogP contribution in [0.1, 0.15) is 27.6 Å². The SMILES string of the molecule is CSc1ccc(C(O)C(=O)c2cccc(C)c2)cc1. The first-order valence-corrected chi connectivity index (χ1v) is 7.27. The maximum absolute atomic E-state index is 12.2. The number of thioether (sulfide) groups is 1. The van der Waals surface area contributed by atoms with Gasteiger partial charge in [0.2, 0.25) is 0 Å². The van der Waals surface area contributed by atoms with E-state index in [1.165, 1.54) is 0 Å². The Hall–Kier alpha value is -1.58. The summed E-state index contributed by atoms with van der Waals surface area (Å²) in [6, 6.07) is 14.7. The van der Waals surface area contributed by atoms with E-state index < -0.39 is 6.10 Å². The molecule has 1 unspecified atom stereocenters. The smallest absolute Gasteiger partial charge is 0.195 e. The molecule has 0 saturated heterocycles. The summed E-state index contributed by atoms with van der Waals surface area (Å²) in [6.07, 6.45) is 0.890. The van der Waals surface area contributed by atoms with Crippen LogP contribution in [0.15, 0.2) is 53.4 Å². The van der Waals surface area contributed by atoms with E-state index in [0.29, 0.717) is 11.1 Å². The second-order valence-corrected chi connectivity index (χ2v) is 5.29. The van der Waals surface area contributed by atoms with Gasteiger partial charge in [0.05, 0.1) is 0 Å². The first-order valence-electron chi connectivity index (χ1n) is 6.04. The molecular formula is C16H16O2S. The van der Waals surface area contributed by atoms with Gasteiger partial charge in [-0.1, -0.05) is 35.9 Å². The van der Waals surface area contributed by atoms with Crippen molar-refractivity contribution in [1.82, 2.24) is 0 Å². The Bertz CT molecular complexity index is 576. The third-order valence-corrected chi connectivity index (χ3v) is 3.73. The van der Waals surface area contributed by atoms with E-state index in [2.05, 4.69) is 0 Å². The van der Waals surface area contributed by atoms with E-state index in [9.17, 15) is 9.90 Å². The molecule has 0 fully saturated rings. The fourth-order valence-electron chi connectivity index (χ4n) is 1.89. The highest BCUT2D eigenvalue weighted by Crippen LogP contribution is 2.22. The highest BCUT2D eigenvalue weighted by Gasteiger charge is 2.19. The van der Waals surface area contributed by atoms with Crippen molar-refractivity contribution >= 4 is 17.5 Å². The quantitative estimate of drug-likeness (QED) is 0.682. The van der Waals surface area contributed by atoms with Gasteiger partial charge < -0.3 is 5.11 Å². The molecule has 0 aliphatic carbocycles. The molecule has 0 saturated carbocycles. The van der Waals surface area contributed by atoms with Gasteiger partial charge in [0.15, 0.2) is 5.78 Å². The minimum Gasteiger partial charge on any atom is -0.380 e. The summed E-state index contributed by atoms with van der Waals surface area (Å²) in [5.41, 5.74) is 2.18. The first kappa shape index (κ1) is 13.8. The Balaban J connectivity index is 2.23. The fraction of sp³-hybridized carbons (Fsp3) is 0.188. The molecule has 0 radical (unpaired) electrons. The lowest BCUT2D eigenvalue weighted by atomic mass is 9.99. The Morgan fingerprint density at radius 2 is 1.84 bits per heavy atom. The monoisotopic (exact) mass is 272 g/mol. The molecule has 2 aromatic carbocycles. The van der Waals surface area contributed by atoms with Crippen LogP contribution in [0, 0.1) is 6.92 Å². The summed E-state index contributed by atoms with van der Waals surface area (Å²) >= 11 is 1.63. The van der Waals surface area contributed by atoms with Crippen LogP contribution in [0.25, 0.3) is 0 Å². The van der Waals surface area contributed by atoms with Gasteiger partial charge in [-0.05, 0) is 36.9 Å². The molecule has 1 N–H and O–H groups in total. The molecule has 0 bridgehead atoms. The normalized spacial score (nSPS) is 12.2. The Morgan fingerprint density at radius 3 is 2.42 bits per heavy atom. The number of rotatable bonds is 4. The number of carbonyl (C=O) groups is 1. The topological polar surface area (TPSA) is 37.3 Å². The van der Waals surface area contributed by atoms with E-state index in [4.69, 9.17) is 0 Å². The summed E-state index contributed by atoms with van der Waals surface area (Å²) in [5.74, 6) is -0.263. The number of carbonyl (C=O) groups excluding carboxylic acids is 1. The summed E-state index contributed by atoms with van der Waals surface area (Å²) in [7, 11) is 0. The van der Waals surface area contributed by atoms with Crippen LogP contribution < -0.4 is 0 Å². The van der Waals surface area contributed by atoms with Crippen molar-refractivity contribution < 1.29 is 9.90 Å². The van der Waals surface area contributed by atoms with Gasteiger partial charge in [0, 0.05) is 10.5 Å². The molecule has 19 heavy (non-hydrogen) atoms. The van der Waals surface area contributed by atoms with E-state index in [0.717, 1.165) is 10.5 Å². The van der Waals surface area contributed by atoms with Crippen LogP contribution in [0.4, 0.5) is 0 Å². The van der Waals surface area contributed by atoms with E-state index in [-0.39, 0.29) is 5.78 Å². The van der Waals surface area contributed by atoms with Crippen LogP contribution >= 0.6 is 11.8 Å². The van der Waals surface area contributed by atoms with Gasteiger partial charge in [-0.2, -0.15) is 0 Å². The number of Topliss-reactive ketones (excluding diaryl/α,β-unsaturated/α-hetero) is 1. The number of hydrogen-bond donors (Lipinski definition) is 1. The minimum absolute atomic E-state index is 0.263. The lowest BCUT2D eigenvalue weighted by Gasteiger charge is -2.11. The summed E-state index contributed by atoms with van der Waals surface area (Å²) in [6.45, 7) is 1.93. The second-order valence-electron chi connectivity index (χ2n) is 4.41. The van der Waals surface area contributed by atoms with Crippen molar-refractivity contribution in [2.45, 2.75) is 17.9 Å². The van der Waals surface area contributed by atoms with Crippen molar-refractivity contribution in [3.05, 3.63) is 65.2 Å². The minimum atomic E-state index is -1.10. The van der Waals surface area contributed by atoms with Crippen LogP contribution in [0.2, 0.25) is 0 Å². The van der Waals surface area contributed by atoms with Gasteiger partial charge in [0.1, 0.15) is 6.10 Å². The van der Waals surface area contributed by atoms with Crippen molar-refractivity contribution in [1.29, 1.82) is 0 Å². The van der Waals surface area contributed by atoms with Crippen molar-refractivity contribution in [3.8, 4) is 0 Å². The Kier molecular flexibility index (Phi) is 4.40. The molecule has 0 aliphatic rings. The van der Waals surface area contributed by atoms with Crippen molar-refractivity contribution in [2.24, 2.45) is 0 Å². The van der Waals surface area contributed by atoms with Crippen molar-refractivity contribution in [3.63, 3.8) is 0 Å². The fourth-order valence-corrected chi connectivity index (χ4v) is 2.30. The number of benzene rings is 2. The van der Waals surface area contributed by atoms with Crippen molar-refractivity contribution in [2.75, 3.05) is 6.26 Å². The molecule has 0 amide bonds. The molecule has 2 rings (SSSR count). The first-order chi connectivity index (χ1) is 9.11. The molecule has 0 spiro atoms. The third-order valence-electron chi connectivity index (χ3n) is 2.98. The van der Waals surface area contributed by atoms with E-state index in [1.807, 2.05) is 37.4 Å².